The van der Waals surface area contributed by atoms with Gasteiger partial charge in [0.25, 0.3) is 16.8 Å². The van der Waals surface area contributed by atoms with Crippen LogP contribution in [-0.4, -0.2) is 39.9 Å². The van der Waals surface area contributed by atoms with Crippen LogP contribution in [0, 0.1) is 17.0 Å². The molecule has 1 aliphatic heterocycles. The van der Waals surface area contributed by atoms with Gasteiger partial charge in [-0.25, -0.2) is 4.98 Å². The Labute approximate surface area is 176 Å². The number of thiazole rings is 1. The lowest BCUT2D eigenvalue weighted by Crippen LogP contribution is -2.41. The largest absolute Gasteiger partial charge is 0.467 e. The van der Waals surface area contributed by atoms with Gasteiger partial charge >= 0.3 is 0 Å². The molecule has 0 saturated carbocycles. The molecule has 7 nitrogen and oxygen atoms in total. The molecule has 9 heteroatoms. The molecule has 1 aliphatic rings. The van der Waals surface area contributed by atoms with E-state index >= 15 is 0 Å². The summed E-state index contributed by atoms with van der Waals surface area (Å²) in [6.45, 7) is 2.71. The second-order valence-corrected chi connectivity index (χ2v) is 8.33. The van der Waals surface area contributed by atoms with Crippen molar-refractivity contribution < 1.29 is 14.5 Å². The van der Waals surface area contributed by atoms with E-state index in [-0.39, 0.29) is 17.7 Å². The molecule has 3 aromatic rings. The van der Waals surface area contributed by atoms with Crippen LogP contribution in [0.5, 0.6) is 5.19 Å². The molecule has 150 valence electrons. The van der Waals surface area contributed by atoms with Gasteiger partial charge in [-0.05, 0) is 25.1 Å². The summed E-state index contributed by atoms with van der Waals surface area (Å²) in [4.78, 5) is 29.6. The van der Waals surface area contributed by atoms with E-state index in [1.165, 1.54) is 17.4 Å². The number of aryl methyl sites for hydroxylation is 1. The van der Waals surface area contributed by atoms with Gasteiger partial charge in [0.05, 0.1) is 14.6 Å². The summed E-state index contributed by atoms with van der Waals surface area (Å²) in [5.41, 5.74) is 1.57. The number of benzene rings is 2. The molecule has 0 atom stereocenters. The van der Waals surface area contributed by atoms with Crippen LogP contribution in [0.1, 0.15) is 28.8 Å². The van der Waals surface area contributed by atoms with E-state index in [1.54, 1.807) is 30.0 Å². The molecule has 0 N–H and O–H groups in total. The Balaban J connectivity index is 1.40. The normalized spacial score (nSPS) is 14.9. The second-order valence-electron chi connectivity index (χ2n) is 6.93. The van der Waals surface area contributed by atoms with Crippen LogP contribution < -0.4 is 4.74 Å². The smallest absolute Gasteiger partial charge is 0.274 e. The van der Waals surface area contributed by atoms with E-state index < -0.39 is 4.92 Å². The number of nitro groups is 1. The Morgan fingerprint density at radius 3 is 2.76 bits per heavy atom. The molecule has 1 aromatic heterocycles. The average molecular weight is 432 g/mol. The first-order chi connectivity index (χ1) is 13.9. The van der Waals surface area contributed by atoms with Crippen LogP contribution in [0.25, 0.3) is 10.2 Å². The molecule has 2 aromatic carbocycles. The third-order valence-electron chi connectivity index (χ3n) is 5.00. The Bertz CT molecular complexity index is 1090. The first kappa shape index (κ1) is 19.6. The number of carbonyl (C=O) groups is 1. The molecule has 29 heavy (non-hydrogen) atoms. The number of carbonyl (C=O) groups excluding carboxylic acids is 1. The van der Waals surface area contributed by atoms with Gasteiger partial charge in [-0.15, -0.1) is 0 Å². The quantitative estimate of drug-likeness (QED) is 0.435. The number of piperidine rings is 1. The number of aromatic nitrogens is 1. The first-order valence-electron chi connectivity index (χ1n) is 9.18. The SMILES string of the molecule is Cc1ccc(C(=O)N2CCC(Oc3nc4c(Cl)cccc4s3)CC2)cc1[N+](=O)[O-]. The van der Waals surface area contributed by atoms with Gasteiger partial charge in [0.1, 0.15) is 11.6 Å². The summed E-state index contributed by atoms with van der Waals surface area (Å²) in [5.74, 6) is -0.196. The topological polar surface area (TPSA) is 85.6 Å². The third-order valence-corrected chi connectivity index (χ3v) is 6.22. The van der Waals surface area contributed by atoms with Gasteiger partial charge in [0.15, 0.2) is 0 Å². The summed E-state index contributed by atoms with van der Waals surface area (Å²) in [7, 11) is 0. The Morgan fingerprint density at radius 2 is 2.07 bits per heavy atom. The highest BCUT2D eigenvalue weighted by molar-refractivity contribution is 7.20. The molecular formula is C20H18ClN3O4S. The number of fused-ring (bicyclic) bond motifs is 1. The van der Waals surface area contributed by atoms with Crippen LogP contribution in [0.15, 0.2) is 36.4 Å². The summed E-state index contributed by atoms with van der Waals surface area (Å²) in [5, 5.41) is 12.3. The van der Waals surface area contributed by atoms with E-state index in [1.807, 2.05) is 12.1 Å². The molecule has 0 unspecified atom stereocenters. The van der Waals surface area contributed by atoms with Crippen molar-refractivity contribution in [1.82, 2.24) is 9.88 Å². The maximum atomic E-state index is 12.7. The van der Waals surface area contributed by atoms with Crippen LogP contribution in [0.2, 0.25) is 5.02 Å². The van der Waals surface area contributed by atoms with Crippen molar-refractivity contribution in [3.63, 3.8) is 0 Å². The first-order valence-corrected chi connectivity index (χ1v) is 10.4. The summed E-state index contributed by atoms with van der Waals surface area (Å²) < 4.78 is 6.99. The number of rotatable bonds is 4. The monoisotopic (exact) mass is 431 g/mol. The number of halogens is 1. The molecule has 4 rings (SSSR count). The van der Waals surface area contributed by atoms with Gasteiger partial charge in [-0.2, -0.15) is 0 Å². The predicted octanol–water partition coefficient (Wildman–Crippen LogP) is 4.85. The lowest BCUT2D eigenvalue weighted by Gasteiger charge is -2.31. The van der Waals surface area contributed by atoms with Crippen molar-refractivity contribution in [2.45, 2.75) is 25.9 Å². The molecule has 1 fully saturated rings. The Kier molecular flexibility index (Phi) is 5.38. The summed E-state index contributed by atoms with van der Waals surface area (Å²) in [6.07, 6.45) is 1.30. The van der Waals surface area contributed by atoms with Crippen LogP contribution >= 0.6 is 22.9 Å². The van der Waals surface area contributed by atoms with E-state index in [2.05, 4.69) is 4.98 Å². The van der Waals surface area contributed by atoms with Crippen LogP contribution in [-0.2, 0) is 0 Å². The molecule has 0 radical (unpaired) electrons. The Morgan fingerprint density at radius 1 is 1.31 bits per heavy atom. The number of nitrogens with zero attached hydrogens (tertiary/aromatic N) is 3. The Hall–Kier alpha value is -2.71. The minimum atomic E-state index is -0.462. The van der Waals surface area contributed by atoms with Gasteiger partial charge in [-0.1, -0.05) is 35.1 Å². The number of amides is 1. The number of para-hydroxylation sites is 1. The van der Waals surface area contributed by atoms with Crippen molar-refractivity contribution in [2.75, 3.05) is 13.1 Å². The van der Waals surface area contributed by atoms with E-state index in [9.17, 15) is 14.9 Å². The predicted molar refractivity (Wildman–Crippen MR) is 112 cm³/mol. The third kappa shape index (κ3) is 4.04. The van der Waals surface area contributed by atoms with Crippen molar-refractivity contribution >= 4 is 44.7 Å². The minimum Gasteiger partial charge on any atom is -0.467 e. The highest BCUT2D eigenvalue weighted by Gasteiger charge is 2.26. The molecule has 0 bridgehead atoms. The number of likely N-dealkylation sites (tertiary alicyclic amines) is 1. The highest BCUT2D eigenvalue weighted by Crippen LogP contribution is 2.33. The van der Waals surface area contributed by atoms with Gasteiger partial charge < -0.3 is 9.64 Å². The molecule has 1 saturated heterocycles. The number of ether oxygens (including phenoxy) is 1. The fourth-order valence-electron chi connectivity index (χ4n) is 3.39. The maximum absolute atomic E-state index is 12.7. The summed E-state index contributed by atoms with van der Waals surface area (Å²) in [6, 6.07) is 10.2. The fourth-order valence-corrected chi connectivity index (χ4v) is 4.57. The molecule has 0 aliphatic carbocycles. The summed E-state index contributed by atoms with van der Waals surface area (Å²) >= 11 is 7.62. The zero-order valence-electron chi connectivity index (χ0n) is 15.6. The number of hydrogen-bond acceptors (Lipinski definition) is 6. The molecular weight excluding hydrogens is 414 g/mol. The van der Waals surface area contributed by atoms with Crippen molar-refractivity contribution in [3.05, 3.63) is 62.7 Å². The number of hydrogen-bond donors (Lipinski definition) is 0. The zero-order chi connectivity index (χ0) is 20.5. The lowest BCUT2D eigenvalue weighted by atomic mass is 10.0. The van der Waals surface area contributed by atoms with Gasteiger partial charge in [0, 0.05) is 43.1 Å². The van der Waals surface area contributed by atoms with E-state index in [4.69, 9.17) is 16.3 Å². The van der Waals surface area contributed by atoms with E-state index in [0.29, 0.717) is 47.3 Å². The van der Waals surface area contributed by atoms with Gasteiger partial charge in [-0.3, -0.25) is 14.9 Å². The zero-order valence-corrected chi connectivity index (χ0v) is 17.2. The average Bonchev–Trinajstić information content (AvgIpc) is 3.12. The second kappa shape index (κ2) is 7.96. The van der Waals surface area contributed by atoms with Crippen molar-refractivity contribution in [3.8, 4) is 5.19 Å². The highest BCUT2D eigenvalue weighted by atomic mass is 35.5. The molecule has 0 spiro atoms. The van der Waals surface area contributed by atoms with Crippen molar-refractivity contribution in [1.29, 1.82) is 0 Å². The fraction of sp³-hybridized carbons (Fsp3) is 0.300. The van der Waals surface area contributed by atoms with Crippen molar-refractivity contribution in [2.24, 2.45) is 0 Å². The standard InChI is InChI=1S/C20H18ClN3O4S/c1-12-5-6-13(11-16(12)24(26)27)19(25)23-9-7-14(8-10-23)28-20-22-18-15(21)3-2-4-17(18)29-20/h2-6,11,14H,7-10H2,1H3. The lowest BCUT2D eigenvalue weighted by molar-refractivity contribution is -0.385. The number of nitro benzene ring substituents is 1. The van der Waals surface area contributed by atoms with Gasteiger partial charge in [0.2, 0.25) is 0 Å². The van der Waals surface area contributed by atoms with E-state index in [0.717, 1.165) is 10.2 Å². The van der Waals surface area contributed by atoms with Crippen LogP contribution in [0.4, 0.5) is 5.69 Å². The minimum absolute atomic E-state index is 0.0364. The maximum Gasteiger partial charge on any atom is 0.274 e. The molecule has 1 amide bonds. The van der Waals surface area contributed by atoms with Crippen LogP contribution in [0.3, 0.4) is 0 Å². The molecule has 2 heterocycles.